The van der Waals surface area contributed by atoms with Gasteiger partial charge in [0.2, 0.25) is 0 Å². The Hall–Kier alpha value is 0.190. The van der Waals surface area contributed by atoms with Gasteiger partial charge in [-0.3, -0.25) is 0 Å². The van der Waals surface area contributed by atoms with Crippen LogP contribution in [0.4, 0.5) is 0 Å². The lowest BCUT2D eigenvalue weighted by molar-refractivity contribution is 0.0147. The summed E-state index contributed by atoms with van der Waals surface area (Å²) in [5.41, 5.74) is 0. The van der Waals surface area contributed by atoms with Gasteiger partial charge < -0.3 is 19.5 Å². The van der Waals surface area contributed by atoms with Crippen molar-refractivity contribution in [2.45, 2.75) is 31.9 Å². The normalized spacial score (nSPS) is 12.8. The van der Waals surface area contributed by atoms with Crippen LogP contribution < -0.4 is 5.32 Å². The van der Waals surface area contributed by atoms with Crippen LogP contribution in [-0.2, 0) is 14.2 Å². The molecule has 0 spiro atoms. The van der Waals surface area contributed by atoms with Crippen LogP contribution in [0.1, 0.15) is 26.7 Å². The topological polar surface area (TPSA) is 39.7 Å². The molecule has 0 heterocycles. The Bertz CT molecular complexity index is 173. The lowest BCUT2D eigenvalue weighted by Crippen LogP contribution is -2.26. The van der Waals surface area contributed by atoms with Crippen LogP contribution in [0, 0.1) is 0 Å². The van der Waals surface area contributed by atoms with Gasteiger partial charge in [0.15, 0.2) is 0 Å². The van der Waals surface area contributed by atoms with Crippen LogP contribution in [0.25, 0.3) is 0 Å². The number of ether oxygens (including phenoxy) is 3. The molecule has 0 bridgehead atoms. The third-order valence-corrected chi connectivity index (χ3v) is 3.61. The van der Waals surface area contributed by atoms with E-state index in [1.807, 2.05) is 11.8 Å². The molecule has 116 valence electrons. The predicted molar refractivity (Wildman–Crippen MR) is 83.2 cm³/mol. The summed E-state index contributed by atoms with van der Waals surface area (Å²) in [6.07, 6.45) is 4.44. The molecule has 0 saturated heterocycles. The van der Waals surface area contributed by atoms with Gasteiger partial charge in [0.1, 0.15) is 0 Å². The fourth-order valence-electron chi connectivity index (χ4n) is 1.32. The Kier molecular flexibility index (Phi) is 16.4. The van der Waals surface area contributed by atoms with Crippen molar-refractivity contribution in [3.8, 4) is 0 Å². The molecule has 5 heteroatoms. The number of rotatable bonds is 15. The highest BCUT2D eigenvalue weighted by molar-refractivity contribution is 7.99. The van der Waals surface area contributed by atoms with E-state index in [1.165, 1.54) is 6.42 Å². The minimum Gasteiger partial charge on any atom is -0.379 e. The van der Waals surface area contributed by atoms with Crippen molar-refractivity contribution < 1.29 is 14.2 Å². The molecular formula is C14H31NO3S. The number of hydrogen-bond acceptors (Lipinski definition) is 5. The molecule has 0 saturated carbocycles. The molecule has 0 aromatic carbocycles. The van der Waals surface area contributed by atoms with Gasteiger partial charge in [0, 0.05) is 24.9 Å². The Morgan fingerprint density at radius 3 is 2.11 bits per heavy atom. The first-order valence-electron chi connectivity index (χ1n) is 7.28. The van der Waals surface area contributed by atoms with Crippen LogP contribution in [0.5, 0.6) is 0 Å². The SMILES string of the molecule is CCCCOCCOCCOCCNCC(C)SC. The quantitative estimate of drug-likeness (QED) is 0.469. The van der Waals surface area contributed by atoms with Gasteiger partial charge >= 0.3 is 0 Å². The maximum atomic E-state index is 5.46. The molecule has 1 unspecified atom stereocenters. The molecular weight excluding hydrogens is 262 g/mol. The average molecular weight is 293 g/mol. The summed E-state index contributed by atoms with van der Waals surface area (Å²) in [6.45, 7) is 10.6. The van der Waals surface area contributed by atoms with E-state index in [1.54, 1.807) is 0 Å². The minimum absolute atomic E-state index is 0.651. The molecule has 0 aliphatic rings. The highest BCUT2D eigenvalue weighted by Gasteiger charge is 1.97. The van der Waals surface area contributed by atoms with Gasteiger partial charge in [-0.05, 0) is 12.7 Å². The number of hydrogen-bond donors (Lipinski definition) is 1. The van der Waals surface area contributed by atoms with Crippen LogP contribution in [0.3, 0.4) is 0 Å². The van der Waals surface area contributed by atoms with Gasteiger partial charge in [-0.15, -0.1) is 0 Å². The molecule has 0 fully saturated rings. The molecule has 0 rings (SSSR count). The summed E-state index contributed by atoms with van der Waals surface area (Å²) in [6, 6.07) is 0. The predicted octanol–water partition coefficient (Wildman–Crippen LogP) is 2.18. The first-order valence-corrected chi connectivity index (χ1v) is 8.56. The van der Waals surface area contributed by atoms with Crippen LogP contribution >= 0.6 is 11.8 Å². The molecule has 0 aromatic rings. The first kappa shape index (κ1) is 19.2. The summed E-state index contributed by atoms with van der Waals surface area (Å²) in [5, 5.41) is 4.02. The first-order chi connectivity index (χ1) is 9.31. The van der Waals surface area contributed by atoms with Crippen molar-refractivity contribution in [1.82, 2.24) is 5.32 Å². The Morgan fingerprint density at radius 2 is 1.53 bits per heavy atom. The smallest absolute Gasteiger partial charge is 0.0701 e. The number of unbranched alkanes of at least 4 members (excludes halogenated alkanes) is 1. The summed E-state index contributed by atoms with van der Waals surface area (Å²) < 4.78 is 16.3. The second-order valence-electron chi connectivity index (χ2n) is 4.44. The van der Waals surface area contributed by atoms with E-state index in [2.05, 4.69) is 25.4 Å². The molecule has 0 aromatic heterocycles. The van der Waals surface area contributed by atoms with Gasteiger partial charge in [0.25, 0.3) is 0 Å². The maximum absolute atomic E-state index is 5.46. The minimum atomic E-state index is 0.651. The van der Waals surface area contributed by atoms with Crippen molar-refractivity contribution in [3.63, 3.8) is 0 Å². The van der Waals surface area contributed by atoms with Gasteiger partial charge in [-0.25, -0.2) is 0 Å². The monoisotopic (exact) mass is 293 g/mol. The fourth-order valence-corrected chi connectivity index (χ4v) is 1.61. The van der Waals surface area contributed by atoms with Crippen molar-refractivity contribution in [2.24, 2.45) is 0 Å². The van der Waals surface area contributed by atoms with Crippen molar-refractivity contribution in [3.05, 3.63) is 0 Å². The summed E-state index contributed by atoms with van der Waals surface area (Å²) in [7, 11) is 0. The van der Waals surface area contributed by atoms with E-state index in [0.29, 0.717) is 31.7 Å². The third kappa shape index (κ3) is 16.1. The van der Waals surface area contributed by atoms with E-state index in [9.17, 15) is 0 Å². The highest BCUT2D eigenvalue weighted by Crippen LogP contribution is 2.01. The Labute approximate surface area is 122 Å². The second kappa shape index (κ2) is 16.2. The molecule has 1 N–H and O–H groups in total. The molecule has 4 nitrogen and oxygen atoms in total. The van der Waals surface area contributed by atoms with Gasteiger partial charge in [-0.1, -0.05) is 20.3 Å². The van der Waals surface area contributed by atoms with E-state index >= 15 is 0 Å². The molecule has 0 aliphatic heterocycles. The number of thioether (sulfide) groups is 1. The van der Waals surface area contributed by atoms with E-state index in [-0.39, 0.29) is 0 Å². The van der Waals surface area contributed by atoms with Crippen LogP contribution in [0.15, 0.2) is 0 Å². The summed E-state index contributed by atoms with van der Waals surface area (Å²) in [4.78, 5) is 0. The summed E-state index contributed by atoms with van der Waals surface area (Å²) in [5.74, 6) is 0. The lowest BCUT2D eigenvalue weighted by Gasteiger charge is -2.10. The molecule has 1 atom stereocenters. The van der Waals surface area contributed by atoms with E-state index in [4.69, 9.17) is 14.2 Å². The lowest BCUT2D eigenvalue weighted by atomic mass is 10.4. The Balaban J connectivity index is 2.95. The van der Waals surface area contributed by atoms with E-state index < -0.39 is 0 Å². The second-order valence-corrected chi connectivity index (χ2v) is 5.72. The van der Waals surface area contributed by atoms with Crippen molar-refractivity contribution in [2.75, 3.05) is 59.0 Å². The zero-order valence-corrected chi connectivity index (χ0v) is 13.6. The number of nitrogens with one attached hydrogen (secondary N) is 1. The molecule has 19 heavy (non-hydrogen) atoms. The van der Waals surface area contributed by atoms with Crippen molar-refractivity contribution >= 4 is 11.8 Å². The largest absolute Gasteiger partial charge is 0.379 e. The standard InChI is InChI=1S/C14H31NO3S/c1-4-5-7-16-9-11-18-12-10-17-8-6-15-13-14(2)19-3/h14-15H,4-13H2,1-3H3. The third-order valence-electron chi connectivity index (χ3n) is 2.64. The molecule has 0 amide bonds. The molecule has 0 aliphatic carbocycles. The maximum Gasteiger partial charge on any atom is 0.0701 e. The van der Waals surface area contributed by atoms with Gasteiger partial charge in [-0.2, -0.15) is 11.8 Å². The highest BCUT2D eigenvalue weighted by atomic mass is 32.2. The Morgan fingerprint density at radius 1 is 0.947 bits per heavy atom. The van der Waals surface area contributed by atoms with Gasteiger partial charge in [0.05, 0.1) is 33.0 Å². The van der Waals surface area contributed by atoms with E-state index in [0.717, 1.165) is 32.7 Å². The molecule has 0 radical (unpaired) electrons. The zero-order chi connectivity index (χ0) is 14.2. The summed E-state index contributed by atoms with van der Waals surface area (Å²) >= 11 is 1.87. The van der Waals surface area contributed by atoms with Crippen LogP contribution in [-0.4, -0.2) is 64.2 Å². The van der Waals surface area contributed by atoms with Crippen LogP contribution in [0.2, 0.25) is 0 Å². The zero-order valence-electron chi connectivity index (χ0n) is 12.8. The van der Waals surface area contributed by atoms with Crippen molar-refractivity contribution in [1.29, 1.82) is 0 Å². The fraction of sp³-hybridized carbons (Fsp3) is 1.00. The average Bonchev–Trinajstić information content (AvgIpc) is 2.43.